The molecule has 1 aliphatic rings. The monoisotopic (exact) mass is 365 g/mol. The van der Waals surface area contributed by atoms with E-state index in [1.807, 2.05) is 5.38 Å². The molecule has 1 aromatic heterocycles. The summed E-state index contributed by atoms with van der Waals surface area (Å²) < 4.78 is 28.6. The van der Waals surface area contributed by atoms with E-state index in [-0.39, 0.29) is 6.04 Å². The quantitative estimate of drug-likeness (QED) is 0.787. The Labute approximate surface area is 128 Å². The Morgan fingerprint density at radius 1 is 1.42 bits per heavy atom. The number of thiophene rings is 1. The Morgan fingerprint density at radius 2 is 2.05 bits per heavy atom. The van der Waals surface area contributed by atoms with Crippen LogP contribution in [0.15, 0.2) is 20.1 Å². The average Bonchev–Trinajstić information content (AvgIpc) is 2.95. The second kappa shape index (κ2) is 6.24. The first-order valence-corrected chi connectivity index (χ1v) is 9.79. The highest BCUT2D eigenvalue weighted by atomic mass is 79.9. The minimum Gasteiger partial charge on any atom is -0.206 e. The largest absolute Gasteiger partial charge is 0.253 e. The number of sulfonamides is 1. The van der Waals surface area contributed by atoms with Gasteiger partial charge in [0, 0.05) is 17.1 Å². The van der Waals surface area contributed by atoms with Crippen LogP contribution < -0.4 is 0 Å². The molecule has 1 aromatic rings. The fraction of sp³-hybridized carbons (Fsp3) is 0.692. The van der Waals surface area contributed by atoms with E-state index < -0.39 is 10.0 Å². The predicted molar refractivity (Wildman–Crippen MR) is 83.0 cm³/mol. The van der Waals surface area contributed by atoms with Crippen LogP contribution in [-0.2, 0) is 10.0 Å². The van der Waals surface area contributed by atoms with Gasteiger partial charge in [-0.3, -0.25) is 0 Å². The second-order valence-corrected chi connectivity index (χ2v) is 9.32. The predicted octanol–water partition coefficient (Wildman–Crippen LogP) is 4.10. The third-order valence-corrected chi connectivity index (χ3v) is 7.97. The summed E-state index contributed by atoms with van der Waals surface area (Å²) in [5.74, 6) is 0.342. The SMILES string of the molecule is CC(C)CN(C1CCCC1)S(=O)(=O)c1sccc1Br. The first kappa shape index (κ1) is 15.5. The molecular weight excluding hydrogens is 346 g/mol. The first-order chi connectivity index (χ1) is 8.93. The molecule has 1 fully saturated rings. The lowest BCUT2D eigenvalue weighted by Gasteiger charge is -2.29. The van der Waals surface area contributed by atoms with Crippen molar-refractivity contribution in [2.45, 2.75) is 49.8 Å². The number of hydrogen-bond donors (Lipinski definition) is 0. The van der Waals surface area contributed by atoms with Crippen LogP contribution in [-0.4, -0.2) is 25.3 Å². The number of halogens is 1. The van der Waals surface area contributed by atoms with Crippen LogP contribution in [0.2, 0.25) is 0 Å². The maximum atomic E-state index is 12.8. The van der Waals surface area contributed by atoms with Crippen LogP contribution in [0.1, 0.15) is 39.5 Å². The van der Waals surface area contributed by atoms with Crippen LogP contribution in [0.5, 0.6) is 0 Å². The molecule has 0 bridgehead atoms. The summed E-state index contributed by atoms with van der Waals surface area (Å²) >= 11 is 4.64. The molecular formula is C13H20BrNO2S2. The van der Waals surface area contributed by atoms with E-state index in [1.165, 1.54) is 11.3 Å². The zero-order valence-electron chi connectivity index (χ0n) is 11.3. The van der Waals surface area contributed by atoms with E-state index in [1.54, 1.807) is 10.4 Å². The minimum atomic E-state index is -3.36. The highest BCUT2D eigenvalue weighted by molar-refractivity contribution is 9.10. The average molecular weight is 366 g/mol. The van der Waals surface area contributed by atoms with E-state index in [9.17, 15) is 8.42 Å². The van der Waals surface area contributed by atoms with Crippen LogP contribution in [0, 0.1) is 5.92 Å². The maximum Gasteiger partial charge on any atom is 0.253 e. The van der Waals surface area contributed by atoms with Crippen LogP contribution in [0.3, 0.4) is 0 Å². The molecule has 0 spiro atoms. The van der Waals surface area contributed by atoms with Crippen molar-refractivity contribution in [2.75, 3.05) is 6.54 Å². The van der Waals surface area contributed by atoms with Gasteiger partial charge in [0.25, 0.3) is 10.0 Å². The maximum absolute atomic E-state index is 12.8. The Morgan fingerprint density at radius 3 is 2.53 bits per heavy atom. The summed E-state index contributed by atoms with van der Waals surface area (Å²) in [4.78, 5) is 0. The normalized spacial score (nSPS) is 17.7. The van der Waals surface area contributed by atoms with Gasteiger partial charge in [-0.15, -0.1) is 11.3 Å². The lowest BCUT2D eigenvalue weighted by molar-refractivity contribution is 0.293. The van der Waals surface area contributed by atoms with E-state index in [2.05, 4.69) is 29.8 Å². The second-order valence-electron chi connectivity index (χ2n) is 5.46. The van der Waals surface area contributed by atoms with Gasteiger partial charge in [-0.1, -0.05) is 26.7 Å². The molecule has 1 saturated carbocycles. The Bertz CT molecular complexity index is 519. The highest BCUT2D eigenvalue weighted by Gasteiger charge is 2.35. The molecule has 3 nitrogen and oxygen atoms in total. The van der Waals surface area contributed by atoms with Gasteiger partial charge in [-0.05, 0) is 46.1 Å². The van der Waals surface area contributed by atoms with Crippen molar-refractivity contribution in [2.24, 2.45) is 5.92 Å². The molecule has 0 aliphatic heterocycles. The molecule has 2 rings (SSSR count). The van der Waals surface area contributed by atoms with Crippen molar-refractivity contribution in [1.29, 1.82) is 0 Å². The summed E-state index contributed by atoms with van der Waals surface area (Å²) in [6.07, 6.45) is 4.27. The fourth-order valence-electron chi connectivity index (χ4n) is 2.57. The van der Waals surface area contributed by atoms with Gasteiger partial charge in [-0.25, -0.2) is 8.42 Å². The summed E-state index contributed by atoms with van der Waals surface area (Å²) in [7, 11) is -3.36. The van der Waals surface area contributed by atoms with Gasteiger partial charge >= 0.3 is 0 Å². The molecule has 108 valence electrons. The molecule has 0 atom stereocenters. The smallest absolute Gasteiger partial charge is 0.206 e. The van der Waals surface area contributed by atoms with Crippen LogP contribution in [0.4, 0.5) is 0 Å². The summed E-state index contributed by atoms with van der Waals surface area (Å²) in [5, 5.41) is 1.82. The highest BCUT2D eigenvalue weighted by Crippen LogP contribution is 2.34. The van der Waals surface area contributed by atoms with Gasteiger partial charge < -0.3 is 0 Å². The molecule has 6 heteroatoms. The zero-order chi connectivity index (χ0) is 14.0. The van der Waals surface area contributed by atoms with E-state index in [4.69, 9.17) is 0 Å². The fourth-order valence-corrected chi connectivity index (χ4v) is 6.84. The lowest BCUT2D eigenvalue weighted by Crippen LogP contribution is -2.40. The summed E-state index contributed by atoms with van der Waals surface area (Å²) in [6.45, 7) is 4.75. The van der Waals surface area contributed by atoms with Crippen LogP contribution in [0.25, 0.3) is 0 Å². The molecule has 0 N–H and O–H groups in total. The third kappa shape index (κ3) is 3.40. The van der Waals surface area contributed by atoms with E-state index >= 15 is 0 Å². The molecule has 1 aliphatic carbocycles. The van der Waals surface area contributed by atoms with Gasteiger partial charge in [0.2, 0.25) is 0 Å². The standard InChI is InChI=1S/C13H20BrNO2S2/c1-10(2)9-15(11-5-3-4-6-11)19(16,17)13-12(14)7-8-18-13/h7-8,10-11H,3-6,9H2,1-2H3. The van der Waals surface area contributed by atoms with Crippen molar-refractivity contribution in [3.8, 4) is 0 Å². The lowest BCUT2D eigenvalue weighted by atomic mass is 10.2. The van der Waals surface area contributed by atoms with Crippen molar-refractivity contribution in [3.63, 3.8) is 0 Å². The number of nitrogens with zero attached hydrogens (tertiary/aromatic N) is 1. The van der Waals surface area contributed by atoms with E-state index in [0.29, 0.717) is 21.1 Å². The summed E-state index contributed by atoms with van der Waals surface area (Å²) in [6, 6.07) is 1.99. The topological polar surface area (TPSA) is 37.4 Å². The van der Waals surface area contributed by atoms with Crippen molar-refractivity contribution >= 4 is 37.3 Å². The zero-order valence-corrected chi connectivity index (χ0v) is 14.5. The molecule has 0 amide bonds. The Kier molecular flexibility index (Phi) is 5.09. The molecule has 19 heavy (non-hydrogen) atoms. The first-order valence-electron chi connectivity index (χ1n) is 6.67. The van der Waals surface area contributed by atoms with Gasteiger partial charge in [0.05, 0.1) is 0 Å². The summed E-state index contributed by atoms with van der Waals surface area (Å²) in [5.41, 5.74) is 0. The van der Waals surface area contributed by atoms with Crippen LogP contribution >= 0.6 is 27.3 Å². The van der Waals surface area contributed by atoms with Gasteiger partial charge in [0.1, 0.15) is 4.21 Å². The molecule has 0 saturated heterocycles. The number of rotatable bonds is 5. The van der Waals surface area contributed by atoms with Gasteiger partial charge in [-0.2, -0.15) is 4.31 Å². The molecule has 0 aromatic carbocycles. The molecule has 0 unspecified atom stereocenters. The third-order valence-electron chi connectivity index (χ3n) is 3.40. The molecule has 1 heterocycles. The minimum absolute atomic E-state index is 0.182. The van der Waals surface area contributed by atoms with Crippen molar-refractivity contribution in [3.05, 3.63) is 15.9 Å². The Balaban J connectivity index is 2.34. The van der Waals surface area contributed by atoms with Crippen molar-refractivity contribution in [1.82, 2.24) is 4.31 Å². The molecule has 0 radical (unpaired) electrons. The van der Waals surface area contributed by atoms with Gasteiger partial charge in [0.15, 0.2) is 0 Å². The van der Waals surface area contributed by atoms with E-state index in [0.717, 1.165) is 25.7 Å². The van der Waals surface area contributed by atoms with Crippen molar-refractivity contribution < 1.29 is 8.42 Å². The number of hydrogen-bond acceptors (Lipinski definition) is 3. The Hall–Kier alpha value is 0.0900.